The first-order valence-corrected chi connectivity index (χ1v) is 9.35. The summed E-state index contributed by atoms with van der Waals surface area (Å²) in [5.41, 5.74) is 2.37. The molecule has 1 fully saturated rings. The third-order valence-electron chi connectivity index (χ3n) is 4.86. The number of carbonyl (C=O) groups is 2. The Kier molecular flexibility index (Phi) is 6.48. The molecule has 142 valence electrons. The molecule has 1 heterocycles. The van der Waals surface area contributed by atoms with Gasteiger partial charge < -0.3 is 9.64 Å². The van der Waals surface area contributed by atoms with Crippen molar-refractivity contribution in [2.45, 2.75) is 12.5 Å². The summed E-state index contributed by atoms with van der Waals surface area (Å²) < 4.78 is 4.59. The van der Waals surface area contributed by atoms with Crippen molar-refractivity contribution in [2.24, 2.45) is 0 Å². The summed E-state index contributed by atoms with van der Waals surface area (Å²) in [6.45, 7) is 2.64. The fourth-order valence-corrected chi connectivity index (χ4v) is 3.56. The maximum Gasteiger partial charge on any atom is 0.315 e. The van der Waals surface area contributed by atoms with Crippen LogP contribution in [0, 0.1) is 0 Å². The molecule has 0 saturated carbocycles. The molecule has 0 bridgehead atoms. The van der Waals surface area contributed by atoms with E-state index in [4.69, 9.17) is 11.6 Å². The van der Waals surface area contributed by atoms with Crippen molar-refractivity contribution >= 4 is 23.5 Å². The molecule has 0 spiro atoms. The zero-order valence-corrected chi connectivity index (χ0v) is 16.1. The topological polar surface area (TPSA) is 49.9 Å². The molecule has 2 aromatic rings. The fourth-order valence-electron chi connectivity index (χ4n) is 3.43. The molecule has 1 unspecified atom stereocenters. The molecule has 6 heteroatoms. The molecule has 2 aromatic carbocycles. The Morgan fingerprint density at radius 2 is 1.56 bits per heavy atom. The number of halogens is 1. The van der Waals surface area contributed by atoms with Crippen molar-refractivity contribution in [3.05, 3.63) is 70.7 Å². The molecule has 1 saturated heterocycles. The van der Waals surface area contributed by atoms with Crippen molar-refractivity contribution < 1.29 is 14.3 Å². The summed E-state index contributed by atoms with van der Waals surface area (Å²) in [4.78, 5) is 27.7. The van der Waals surface area contributed by atoms with Gasteiger partial charge in [-0.2, -0.15) is 0 Å². The summed E-state index contributed by atoms with van der Waals surface area (Å²) in [6, 6.07) is 18.3. The van der Waals surface area contributed by atoms with Crippen molar-refractivity contribution in [1.82, 2.24) is 9.80 Å². The lowest BCUT2D eigenvalue weighted by atomic mass is 9.96. The van der Waals surface area contributed by atoms with E-state index in [1.807, 2.05) is 30.3 Å². The van der Waals surface area contributed by atoms with Gasteiger partial charge in [0.25, 0.3) is 0 Å². The number of rotatable bonds is 5. The Labute approximate surface area is 164 Å². The van der Waals surface area contributed by atoms with Gasteiger partial charge in [-0.3, -0.25) is 14.5 Å². The van der Waals surface area contributed by atoms with Crippen LogP contribution in [0.3, 0.4) is 0 Å². The zero-order chi connectivity index (χ0) is 19.2. The molecule has 1 atom stereocenters. The predicted molar refractivity (Wildman–Crippen MR) is 105 cm³/mol. The smallest absolute Gasteiger partial charge is 0.315 e. The number of esters is 1. The average molecular weight is 387 g/mol. The highest BCUT2D eigenvalue weighted by Gasteiger charge is 2.28. The fraction of sp³-hybridized carbons (Fsp3) is 0.333. The Bertz CT molecular complexity index is 772. The minimum Gasteiger partial charge on any atom is -0.469 e. The molecule has 1 aliphatic heterocycles. The largest absolute Gasteiger partial charge is 0.469 e. The Balaban J connectivity index is 1.74. The lowest BCUT2D eigenvalue weighted by molar-refractivity contribution is -0.147. The van der Waals surface area contributed by atoms with Gasteiger partial charge in [0.1, 0.15) is 6.42 Å². The Morgan fingerprint density at radius 3 is 2.15 bits per heavy atom. The minimum absolute atomic E-state index is 0.0984. The van der Waals surface area contributed by atoms with E-state index in [1.165, 1.54) is 18.2 Å². The number of piperazine rings is 1. The third-order valence-corrected chi connectivity index (χ3v) is 5.11. The van der Waals surface area contributed by atoms with E-state index in [2.05, 4.69) is 33.9 Å². The number of amides is 1. The van der Waals surface area contributed by atoms with Gasteiger partial charge in [-0.15, -0.1) is 0 Å². The summed E-state index contributed by atoms with van der Waals surface area (Å²) in [5.74, 6) is -0.671. The Morgan fingerprint density at radius 1 is 0.963 bits per heavy atom. The average Bonchev–Trinajstić information content (AvgIpc) is 2.71. The summed E-state index contributed by atoms with van der Waals surface area (Å²) >= 11 is 6.06. The molecule has 5 nitrogen and oxygen atoms in total. The van der Waals surface area contributed by atoms with Gasteiger partial charge in [-0.05, 0) is 23.3 Å². The molecular formula is C21H23ClN2O3. The number of hydrogen-bond acceptors (Lipinski definition) is 4. The molecule has 1 aliphatic rings. The zero-order valence-electron chi connectivity index (χ0n) is 15.3. The highest BCUT2D eigenvalue weighted by molar-refractivity contribution is 6.30. The number of carbonyl (C=O) groups excluding carboxylic acids is 2. The van der Waals surface area contributed by atoms with E-state index in [-0.39, 0.29) is 18.4 Å². The van der Waals surface area contributed by atoms with Crippen LogP contribution in [-0.4, -0.2) is 55.0 Å². The van der Waals surface area contributed by atoms with Crippen molar-refractivity contribution in [2.75, 3.05) is 33.3 Å². The Hall–Kier alpha value is -2.37. The van der Waals surface area contributed by atoms with Gasteiger partial charge in [0, 0.05) is 31.2 Å². The van der Waals surface area contributed by atoms with E-state index >= 15 is 0 Å². The van der Waals surface area contributed by atoms with Gasteiger partial charge >= 0.3 is 5.97 Å². The maximum atomic E-state index is 12.2. The van der Waals surface area contributed by atoms with E-state index in [0.29, 0.717) is 18.1 Å². The van der Waals surface area contributed by atoms with Crippen LogP contribution in [0.2, 0.25) is 5.02 Å². The van der Waals surface area contributed by atoms with Crippen LogP contribution in [0.25, 0.3) is 0 Å². The molecule has 0 radical (unpaired) electrons. The SMILES string of the molecule is COC(=O)CC(=O)N1CCN(C(c2ccccc2)c2ccc(Cl)cc2)CC1. The molecule has 3 rings (SSSR count). The standard InChI is InChI=1S/C21H23ClN2O3/c1-27-20(26)15-19(25)23-11-13-24(14-12-23)21(16-5-3-2-4-6-16)17-7-9-18(22)10-8-17/h2-10,21H,11-15H2,1H3. The first-order valence-electron chi connectivity index (χ1n) is 8.97. The van der Waals surface area contributed by atoms with Gasteiger partial charge in [0.2, 0.25) is 5.91 Å². The molecule has 1 amide bonds. The van der Waals surface area contributed by atoms with Gasteiger partial charge in [0.15, 0.2) is 0 Å². The summed E-state index contributed by atoms with van der Waals surface area (Å²) in [7, 11) is 1.30. The number of nitrogens with zero attached hydrogens (tertiary/aromatic N) is 2. The van der Waals surface area contributed by atoms with Crippen LogP contribution < -0.4 is 0 Å². The molecule has 0 N–H and O–H groups in total. The third kappa shape index (κ3) is 4.87. The van der Waals surface area contributed by atoms with Crippen LogP contribution in [0.1, 0.15) is 23.6 Å². The van der Waals surface area contributed by atoms with Crippen LogP contribution in [0.15, 0.2) is 54.6 Å². The summed E-state index contributed by atoms with van der Waals surface area (Å²) in [5, 5.41) is 0.712. The van der Waals surface area contributed by atoms with Crippen LogP contribution in [-0.2, 0) is 14.3 Å². The lowest BCUT2D eigenvalue weighted by Crippen LogP contribution is -2.50. The second-order valence-electron chi connectivity index (χ2n) is 6.53. The number of hydrogen-bond donors (Lipinski definition) is 0. The second-order valence-corrected chi connectivity index (χ2v) is 6.97. The van der Waals surface area contributed by atoms with Gasteiger partial charge in [-0.1, -0.05) is 54.1 Å². The highest BCUT2D eigenvalue weighted by Crippen LogP contribution is 2.30. The number of methoxy groups -OCH3 is 1. The molecular weight excluding hydrogens is 364 g/mol. The van der Waals surface area contributed by atoms with E-state index in [1.54, 1.807) is 4.90 Å². The second kappa shape index (κ2) is 9.02. The summed E-state index contributed by atoms with van der Waals surface area (Å²) in [6.07, 6.45) is -0.199. The van der Waals surface area contributed by atoms with Crippen molar-refractivity contribution in [1.29, 1.82) is 0 Å². The number of benzene rings is 2. The minimum atomic E-state index is -0.495. The predicted octanol–water partition coefficient (Wildman–Crippen LogP) is 3.14. The van der Waals surface area contributed by atoms with E-state index in [9.17, 15) is 9.59 Å². The van der Waals surface area contributed by atoms with Gasteiger partial charge in [-0.25, -0.2) is 0 Å². The van der Waals surface area contributed by atoms with Gasteiger partial charge in [0.05, 0.1) is 13.2 Å². The van der Waals surface area contributed by atoms with E-state index < -0.39 is 5.97 Å². The van der Waals surface area contributed by atoms with Crippen LogP contribution in [0.4, 0.5) is 0 Å². The van der Waals surface area contributed by atoms with Crippen molar-refractivity contribution in [3.63, 3.8) is 0 Å². The quantitative estimate of drug-likeness (QED) is 0.585. The van der Waals surface area contributed by atoms with Crippen LogP contribution >= 0.6 is 11.6 Å². The molecule has 0 aliphatic carbocycles. The normalized spacial score (nSPS) is 16.0. The number of ether oxygens (including phenoxy) is 1. The highest BCUT2D eigenvalue weighted by atomic mass is 35.5. The lowest BCUT2D eigenvalue weighted by Gasteiger charge is -2.39. The van der Waals surface area contributed by atoms with Crippen molar-refractivity contribution in [3.8, 4) is 0 Å². The monoisotopic (exact) mass is 386 g/mol. The maximum absolute atomic E-state index is 12.2. The van der Waals surface area contributed by atoms with Crippen LogP contribution in [0.5, 0.6) is 0 Å². The van der Waals surface area contributed by atoms with E-state index in [0.717, 1.165) is 13.1 Å². The first kappa shape index (κ1) is 19.4. The first-order chi connectivity index (χ1) is 13.1. The molecule has 0 aromatic heterocycles. The molecule has 27 heavy (non-hydrogen) atoms.